The molecule has 2 heterocycles. The monoisotopic (exact) mass is 323 g/mol. The zero-order valence-corrected chi connectivity index (χ0v) is 14.5. The molecule has 0 spiro atoms. The van der Waals surface area contributed by atoms with Gasteiger partial charge in [-0.25, -0.2) is 4.98 Å². The maximum atomic E-state index is 12.4. The molecule has 4 heteroatoms. The fourth-order valence-corrected chi connectivity index (χ4v) is 3.28. The smallest absolute Gasteiger partial charge is 0.274 e. The summed E-state index contributed by atoms with van der Waals surface area (Å²) in [6, 6.07) is 9.85. The van der Waals surface area contributed by atoms with E-state index in [1.807, 2.05) is 44.3 Å². The van der Waals surface area contributed by atoms with Crippen molar-refractivity contribution < 1.29 is 4.79 Å². The molecule has 1 aliphatic heterocycles. The molecule has 1 fully saturated rings. The first-order valence-electron chi connectivity index (χ1n) is 8.72. The average Bonchev–Trinajstić information content (AvgIpc) is 2.83. The van der Waals surface area contributed by atoms with Crippen LogP contribution >= 0.6 is 0 Å². The van der Waals surface area contributed by atoms with Crippen molar-refractivity contribution in [2.24, 2.45) is 0 Å². The minimum atomic E-state index is -0.164. The lowest BCUT2D eigenvalue weighted by atomic mass is 10.1. The first-order chi connectivity index (χ1) is 11.6. The van der Waals surface area contributed by atoms with Crippen LogP contribution < -0.4 is 10.2 Å². The Kier molecular flexibility index (Phi) is 5.14. The van der Waals surface area contributed by atoms with Crippen LogP contribution in [0.25, 0.3) is 0 Å². The Hall–Kier alpha value is -2.36. The Morgan fingerprint density at radius 2 is 1.67 bits per heavy atom. The van der Waals surface area contributed by atoms with E-state index < -0.39 is 0 Å². The van der Waals surface area contributed by atoms with Crippen LogP contribution in [0, 0.1) is 13.8 Å². The van der Waals surface area contributed by atoms with E-state index in [0.29, 0.717) is 5.69 Å². The van der Waals surface area contributed by atoms with Gasteiger partial charge in [0.25, 0.3) is 5.91 Å². The highest BCUT2D eigenvalue weighted by Crippen LogP contribution is 2.19. The number of anilines is 2. The zero-order valence-electron chi connectivity index (χ0n) is 14.5. The molecular formula is C20H25N3O. The molecule has 1 N–H and O–H groups in total. The molecule has 1 amide bonds. The Labute approximate surface area is 143 Å². The van der Waals surface area contributed by atoms with Crippen LogP contribution in [0.3, 0.4) is 0 Å². The average molecular weight is 323 g/mol. The highest BCUT2D eigenvalue weighted by Gasteiger charge is 2.12. The molecular weight excluding hydrogens is 298 g/mol. The third-order valence-corrected chi connectivity index (χ3v) is 4.43. The fraction of sp³-hybridized carbons (Fsp3) is 0.400. The number of hydrogen-bond acceptors (Lipinski definition) is 3. The van der Waals surface area contributed by atoms with Gasteiger partial charge in [0.05, 0.1) is 11.9 Å². The molecule has 4 nitrogen and oxygen atoms in total. The van der Waals surface area contributed by atoms with Gasteiger partial charge in [0, 0.05) is 18.8 Å². The third-order valence-electron chi connectivity index (χ3n) is 4.43. The Balaban J connectivity index is 1.69. The number of hydrogen-bond donors (Lipinski definition) is 1. The third kappa shape index (κ3) is 4.13. The molecule has 2 aromatic rings. The van der Waals surface area contributed by atoms with Crippen molar-refractivity contribution in [3.8, 4) is 0 Å². The first kappa shape index (κ1) is 16.5. The Morgan fingerprint density at radius 1 is 1.00 bits per heavy atom. The SMILES string of the molecule is Cc1cc(C)cc(NC(=O)c2ccc(N3CCCCCC3)cn2)c1. The summed E-state index contributed by atoms with van der Waals surface area (Å²) >= 11 is 0. The summed E-state index contributed by atoms with van der Waals surface area (Å²) in [5.41, 5.74) is 4.65. The fourth-order valence-electron chi connectivity index (χ4n) is 3.28. The van der Waals surface area contributed by atoms with Gasteiger partial charge in [0.15, 0.2) is 0 Å². The van der Waals surface area contributed by atoms with E-state index >= 15 is 0 Å². The summed E-state index contributed by atoms with van der Waals surface area (Å²) in [6.07, 6.45) is 6.90. The number of nitrogens with zero attached hydrogens (tertiary/aromatic N) is 2. The summed E-state index contributed by atoms with van der Waals surface area (Å²) in [6.45, 7) is 6.21. The van der Waals surface area contributed by atoms with Crippen LogP contribution in [-0.4, -0.2) is 24.0 Å². The van der Waals surface area contributed by atoms with E-state index in [1.165, 1.54) is 25.7 Å². The van der Waals surface area contributed by atoms with E-state index in [0.717, 1.165) is 35.6 Å². The van der Waals surface area contributed by atoms with Gasteiger partial charge in [-0.1, -0.05) is 18.9 Å². The molecule has 126 valence electrons. The topological polar surface area (TPSA) is 45.2 Å². The van der Waals surface area contributed by atoms with Crippen LogP contribution in [0.1, 0.15) is 47.3 Å². The lowest BCUT2D eigenvalue weighted by Crippen LogP contribution is -2.24. The minimum absolute atomic E-state index is 0.164. The van der Waals surface area contributed by atoms with E-state index in [2.05, 4.69) is 21.3 Å². The summed E-state index contributed by atoms with van der Waals surface area (Å²) in [5.74, 6) is -0.164. The number of carbonyl (C=O) groups is 1. The van der Waals surface area contributed by atoms with Crippen LogP contribution in [0.4, 0.5) is 11.4 Å². The predicted octanol–water partition coefficient (Wildman–Crippen LogP) is 4.33. The maximum absolute atomic E-state index is 12.4. The number of benzene rings is 1. The van der Waals surface area contributed by atoms with E-state index in [9.17, 15) is 4.79 Å². The molecule has 0 radical (unpaired) electrons. The number of pyridine rings is 1. The molecule has 1 aliphatic rings. The predicted molar refractivity (Wildman–Crippen MR) is 98.8 cm³/mol. The molecule has 1 saturated heterocycles. The van der Waals surface area contributed by atoms with Gasteiger partial charge in [-0.15, -0.1) is 0 Å². The molecule has 3 rings (SSSR count). The van der Waals surface area contributed by atoms with Gasteiger partial charge < -0.3 is 10.2 Å². The van der Waals surface area contributed by atoms with Gasteiger partial charge in [-0.3, -0.25) is 4.79 Å². The van der Waals surface area contributed by atoms with Crippen molar-refractivity contribution in [3.05, 3.63) is 53.3 Å². The minimum Gasteiger partial charge on any atom is -0.370 e. The number of nitrogens with one attached hydrogen (secondary N) is 1. The molecule has 0 aliphatic carbocycles. The number of amides is 1. The van der Waals surface area contributed by atoms with Crippen molar-refractivity contribution in [1.82, 2.24) is 4.98 Å². The first-order valence-corrected chi connectivity index (χ1v) is 8.72. The second-order valence-electron chi connectivity index (χ2n) is 6.63. The standard InChI is InChI=1S/C20H25N3O/c1-15-11-16(2)13-17(12-15)22-20(24)19-8-7-18(14-21-19)23-9-5-3-4-6-10-23/h7-8,11-14H,3-6,9-10H2,1-2H3,(H,22,24). The van der Waals surface area contributed by atoms with Gasteiger partial charge in [0.2, 0.25) is 0 Å². The summed E-state index contributed by atoms with van der Waals surface area (Å²) in [5, 5.41) is 2.93. The molecule has 0 atom stereocenters. The van der Waals surface area contributed by atoms with Crippen molar-refractivity contribution in [3.63, 3.8) is 0 Å². The van der Waals surface area contributed by atoms with Gasteiger partial charge in [-0.2, -0.15) is 0 Å². The highest BCUT2D eigenvalue weighted by atomic mass is 16.1. The van der Waals surface area contributed by atoms with Gasteiger partial charge >= 0.3 is 0 Å². The zero-order chi connectivity index (χ0) is 16.9. The highest BCUT2D eigenvalue weighted by molar-refractivity contribution is 6.03. The second kappa shape index (κ2) is 7.47. The van der Waals surface area contributed by atoms with E-state index in [-0.39, 0.29) is 5.91 Å². The van der Waals surface area contributed by atoms with Crippen molar-refractivity contribution in [1.29, 1.82) is 0 Å². The molecule has 24 heavy (non-hydrogen) atoms. The summed E-state index contributed by atoms with van der Waals surface area (Å²) in [7, 11) is 0. The Bertz CT molecular complexity index is 681. The number of aromatic nitrogens is 1. The number of aryl methyl sites for hydroxylation is 2. The Morgan fingerprint density at radius 3 is 2.25 bits per heavy atom. The van der Waals surface area contributed by atoms with Crippen molar-refractivity contribution in [2.75, 3.05) is 23.3 Å². The molecule has 0 bridgehead atoms. The van der Waals surface area contributed by atoms with Crippen LogP contribution in [-0.2, 0) is 0 Å². The van der Waals surface area contributed by atoms with Crippen LogP contribution in [0.15, 0.2) is 36.5 Å². The maximum Gasteiger partial charge on any atom is 0.274 e. The van der Waals surface area contributed by atoms with Crippen LogP contribution in [0.2, 0.25) is 0 Å². The lowest BCUT2D eigenvalue weighted by molar-refractivity contribution is 0.102. The second-order valence-corrected chi connectivity index (χ2v) is 6.63. The van der Waals surface area contributed by atoms with Gasteiger partial charge in [0.1, 0.15) is 5.69 Å². The summed E-state index contributed by atoms with van der Waals surface area (Å²) in [4.78, 5) is 19.1. The molecule has 1 aromatic heterocycles. The normalized spacial score (nSPS) is 15.0. The molecule has 0 unspecified atom stereocenters. The van der Waals surface area contributed by atoms with E-state index in [1.54, 1.807) is 0 Å². The van der Waals surface area contributed by atoms with E-state index in [4.69, 9.17) is 0 Å². The molecule has 0 saturated carbocycles. The molecule has 1 aromatic carbocycles. The van der Waals surface area contributed by atoms with Crippen molar-refractivity contribution in [2.45, 2.75) is 39.5 Å². The lowest BCUT2D eigenvalue weighted by Gasteiger charge is -2.22. The number of rotatable bonds is 3. The van der Waals surface area contributed by atoms with Gasteiger partial charge in [-0.05, 0) is 62.1 Å². The largest absolute Gasteiger partial charge is 0.370 e. The number of carbonyl (C=O) groups excluding carboxylic acids is 1. The summed E-state index contributed by atoms with van der Waals surface area (Å²) < 4.78 is 0. The van der Waals surface area contributed by atoms with Crippen molar-refractivity contribution >= 4 is 17.3 Å². The van der Waals surface area contributed by atoms with Crippen LogP contribution in [0.5, 0.6) is 0 Å². The quantitative estimate of drug-likeness (QED) is 0.914.